The fraction of sp³-hybridized carbons (Fsp3) is 0.562. The molecule has 1 unspecified atom stereocenters. The molecule has 1 atom stereocenters. The van der Waals surface area contributed by atoms with Gasteiger partial charge in [-0.05, 0) is 24.8 Å². The van der Waals surface area contributed by atoms with Crippen molar-refractivity contribution >= 4 is 6.03 Å². The topological polar surface area (TPSA) is 70.6 Å². The summed E-state index contributed by atoms with van der Waals surface area (Å²) in [6.45, 7) is 5.68. The van der Waals surface area contributed by atoms with Gasteiger partial charge in [0.2, 0.25) is 0 Å². The van der Waals surface area contributed by atoms with Crippen LogP contribution in [0.3, 0.4) is 0 Å². The third-order valence-electron chi connectivity index (χ3n) is 3.21. The number of halogens is 3. The van der Waals surface area contributed by atoms with Crippen molar-refractivity contribution in [3.8, 4) is 5.75 Å². The quantitative estimate of drug-likeness (QED) is 0.709. The molecule has 0 aromatic heterocycles. The molecule has 1 rings (SSSR count). The highest BCUT2D eigenvalue weighted by Crippen LogP contribution is 2.26. The summed E-state index contributed by atoms with van der Waals surface area (Å²) in [5, 5.41) is 14.5. The molecule has 0 fully saturated rings. The van der Waals surface area contributed by atoms with Crippen molar-refractivity contribution in [1.82, 2.24) is 10.6 Å². The van der Waals surface area contributed by atoms with Crippen LogP contribution in [-0.4, -0.2) is 30.1 Å². The molecule has 0 bridgehead atoms. The summed E-state index contributed by atoms with van der Waals surface area (Å²) >= 11 is 0. The van der Waals surface area contributed by atoms with Gasteiger partial charge in [-0.2, -0.15) is 0 Å². The Balaban J connectivity index is 2.53. The molecule has 1 aromatic carbocycles. The van der Waals surface area contributed by atoms with Crippen LogP contribution in [0.5, 0.6) is 5.75 Å². The molecular formula is C16H23F3N2O3. The standard InChI is InChI=1S/C16H23F3N2O3/c1-11(22)8-15(2,3)10-21-14(23)20-9-12-6-4-5-7-13(12)24-16(17,18)19/h4-7,11,22H,8-10H2,1-3H3,(H2,20,21,23). The van der Waals surface area contributed by atoms with E-state index in [0.717, 1.165) is 0 Å². The average Bonchev–Trinajstić information content (AvgIpc) is 2.41. The zero-order chi connectivity index (χ0) is 18.4. The summed E-state index contributed by atoms with van der Waals surface area (Å²) in [5.41, 5.74) is -0.0868. The number of ether oxygens (including phenoxy) is 1. The van der Waals surface area contributed by atoms with E-state index in [1.54, 1.807) is 13.0 Å². The summed E-state index contributed by atoms with van der Waals surface area (Å²) in [4.78, 5) is 11.8. The van der Waals surface area contributed by atoms with E-state index in [1.165, 1.54) is 18.2 Å². The third kappa shape index (κ3) is 8.05. The molecule has 0 spiro atoms. The second-order valence-corrected chi connectivity index (χ2v) is 6.41. The predicted molar refractivity (Wildman–Crippen MR) is 83.4 cm³/mol. The van der Waals surface area contributed by atoms with E-state index in [1.807, 2.05) is 13.8 Å². The van der Waals surface area contributed by atoms with Crippen LogP contribution in [0.15, 0.2) is 24.3 Å². The van der Waals surface area contributed by atoms with Crippen molar-refractivity contribution in [2.75, 3.05) is 6.54 Å². The first-order valence-electron chi connectivity index (χ1n) is 7.52. The van der Waals surface area contributed by atoms with Gasteiger partial charge in [-0.15, -0.1) is 13.2 Å². The van der Waals surface area contributed by atoms with Crippen molar-refractivity contribution in [2.24, 2.45) is 5.41 Å². The normalized spacial score (nSPS) is 13.3. The van der Waals surface area contributed by atoms with E-state index in [9.17, 15) is 23.1 Å². The van der Waals surface area contributed by atoms with Crippen molar-refractivity contribution < 1.29 is 27.8 Å². The van der Waals surface area contributed by atoms with Gasteiger partial charge in [-0.25, -0.2) is 4.79 Å². The van der Waals surface area contributed by atoms with Gasteiger partial charge in [0.15, 0.2) is 0 Å². The van der Waals surface area contributed by atoms with Crippen LogP contribution in [0.25, 0.3) is 0 Å². The maximum atomic E-state index is 12.3. The Hall–Kier alpha value is -1.96. The number of aliphatic hydroxyl groups excluding tert-OH is 1. The molecule has 5 nitrogen and oxygen atoms in total. The molecule has 0 saturated carbocycles. The zero-order valence-electron chi connectivity index (χ0n) is 13.9. The Labute approximate surface area is 139 Å². The molecule has 0 aliphatic heterocycles. The van der Waals surface area contributed by atoms with Crippen LogP contribution in [0.1, 0.15) is 32.8 Å². The number of alkyl halides is 3. The first-order chi connectivity index (χ1) is 11.0. The monoisotopic (exact) mass is 348 g/mol. The lowest BCUT2D eigenvalue weighted by Crippen LogP contribution is -2.41. The van der Waals surface area contributed by atoms with Gasteiger partial charge in [0, 0.05) is 18.7 Å². The number of carbonyl (C=O) groups is 1. The predicted octanol–water partition coefficient (Wildman–Crippen LogP) is 3.18. The number of nitrogens with one attached hydrogen (secondary N) is 2. The third-order valence-corrected chi connectivity index (χ3v) is 3.21. The molecule has 0 heterocycles. The van der Waals surface area contributed by atoms with Crippen LogP contribution in [0.4, 0.5) is 18.0 Å². The lowest BCUT2D eigenvalue weighted by atomic mass is 9.87. The summed E-state index contributed by atoms with van der Waals surface area (Å²) in [6.07, 6.45) is -4.77. The molecule has 136 valence electrons. The Bertz CT molecular complexity index is 546. The van der Waals surface area contributed by atoms with Crippen molar-refractivity contribution in [3.63, 3.8) is 0 Å². The van der Waals surface area contributed by atoms with Crippen LogP contribution >= 0.6 is 0 Å². The van der Waals surface area contributed by atoms with E-state index in [0.29, 0.717) is 13.0 Å². The second-order valence-electron chi connectivity index (χ2n) is 6.41. The van der Waals surface area contributed by atoms with E-state index in [4.69, 9.17) is 0 Å². The molecule has 3 N–H and O–H groups in total. The molecule has 0 saturated heterocycles. The molecule has 0 aliphatic carbocycles. The first-order valence-corrected chi connectivity index (χ1v) is 7.52. The number of para-hydroxylation sites is 1. The number of hydrogen-bond donors (Lipinski definition) is 3. The summed E-state index contributed by atoms with van der Waals surface area (Å²) < 4.78 is 40.9. The van der Waals surface area contributed by atoms with E-state index in [2.05, 4.69) is 15.4 Å². The number of urea groups is 1. The average molecular weight is 348 g/mol. The molecule has 0 aliphatic rings. The van der Waals surface area contributed by atoms with Gasteiger partial charge in [-0.3, -0.25) is 0 Å². The summed E-state index contributed by atoms with van der Waals surface area (Å²) in [7, 11) is 0. The smallest absolute Gasteiger partial charge is 0.405 e. The largest absolute Gasteiger partial charge is 0.573 e. The van der Waals surface area contributed by atoms with E-state index >= 15 is 0 Å². The minimum absolute atomic E-state index is 0.102. The number of rotatable bonds is 7. The summed E-state index contributed by atoms with van der Waals surface area (Å²) in [6, 6.07) is 5.11. The molecular weight excluding hydrogens is 325 g/mol. The molecule has 1 aromatic rings. The minimum atomic E-state index is -4.79. The highest BCUT2D eigenvalue weighted by atomic mass is 19.4. The van der Waals surface area contributed by atoms with Gasteiger partial charge in [0.1, 0.15) is 5.75 Å². The SMILES string of the molecule is CC(O)CC(C)(C)CNC(=O)NCc1ccccc1OC(F)(F)F. The Morgan fingerprint density at radius 2 is 1.88 bits per heavy atom. The number of amides is 2. The number of benzene rings is 1. The molecule has 24 heavy (non-hydrogen) atoms. The highest BCUT2D eigenvalue weighted by Gasteiger charge is 2.32. The maximum absolute atomic E-state index is 12.3. The van der Waals surface area contributed by atoms with Crippen LogP contribution in [-0.2, 0) is 6.54 Å². The van der Waals surface area contributed by atoms with Crippen molar-refractivity contribution in [2.45, 2.75) is 46.2 Å². The summed E-state index contributed by atoms with van der Waals surface area (Å²) in [5.74, 6) is -0.347. The van der Waals surface area contributed by atoms with Crippen LogP contribution in [0, 0.1) is 5.41 Å². The fourth-order valence-corrected chi connectivity index (χ4v) is 2.30. The number of aliphatic hydroxyl groups is 1. The maximum Gasteiger partial charge on any atom is 0.573 e. The zero-order valence-corrected chi connectivity index (χ0v) is 13.9. The fourth-order valence-electron chi connectivity index (χ4n) is 2.30. The van der Waals surface area contributed by atoms with Gasteiger partial charge < -0.3 is 20.5 Å². The number of hydrogen-bond acceptors (Lipinski definition) is 3. The molecule has 2 amide bonds. The number of carbonyl (C=O) groups excluding carboxylic acids is 1. The van der Waals surface area contributed by atoms with E-state index < -0.39 is 18.5 Å². The minimum Gasteiger partial charge on any atom is -0.405 e. The second kappa shape index (κ2) is 8.23. The van der Waals surface area contributed by atoms with Crippen molar-refractivity contribution in [1.29, 1.82) is 0 Å². The van der Waals surface area contributed by atoms with E-state index in [-0.39, 0.29) is 23.3 Å². The Morgan fingerprint density at radius 3 is 2.46 bits per heavy atom. The van der Waals surface area contributed by atoms with Crippen LogP contribution in [0.2, 0.25) is 0 Å². The Kier molecular flexibility index (Phi) is 6.89. The first kappa shape index (κ1) is 20.1. The highest BCUT2D eigenvalue weighted by molar-refractivity contribution is 5.73. The lowest BCUT2D eigenvalue weighted by Gasteiger charge is -2.26. The lowest BCUT2D eigenvalue weighted by molar-refractivity contribution is -0.274. The van der Waals surface area contributed by atoms with Gasteiger partial charge in [0.25, 0.3) is 0 Å². The van der Waals surface area contributed by atoms with Gasteiger partial charge in [0.05, 0.1) is 6.10 Å². The molecule has 8 heteroatoms. The van der Waals surface area contributed by atoms with Gasteiger partial charge >= 0.3 is 12.4 Å². The Morgan fingerprint density at radius 1 is 1.25 bits per heavy atom. The molecule has 0 radical (unpaired) electrons. The van der Waals surface area contributed by atoms with Crippen molar-refractivity contribution in [3.05, 3.63) is 29.8 Å². The van der Waals surface area contributed by atoms with Crippen LogP contribution < -0.4 is 15.4 Å². The van der Waals surface area contributed by atoms with Gasteiger partial charge in [-0.1, -0.05) is 32.0 Å².